The first-order chi connectivity index (χ1) is 26.1. The van der Waals surface area contributed by atoms with Gasteiger partial charge < -0.3 is 0 Å². The van der Waals surface area contributed by atoms with Gasteiger partial charge in [-0.25, -0.2) is 0 Å². The zero-order valence-corrected chi connectivity index (χ0v) is 29.8. The molecule has 10 aromatic carbocycles. The molecule has 10 aromatic rings. The number of benzene rings is 10. The summed E-state index contributed by atoms with van der Waals surface area (Å²) in [6, 6.07) is 67.6. The van der Waals surface area contributed by atoms with Gasteiger partial charge in [-0.1, -0.05) is 190 Å². The monoisotopic (exact) mass is 672 g/mol. The summed E-state index contributed by atoms with van der Waals surface area (Å²) in [5.41, 5.74) is 13.0. The fraction of sp³-hybridized carbons (Fsp3) is 0.0566. The maximum atomic E-state index is 2.43. The fourth-order valence-corrected chi connectivity index (χ4v) is 9.76. The van der Waals surface area contributed by atoms with Crippen LogP contribution in [0.1, 0.15) is 25.0 Å². The van der Waals surface area contributed by atoms with Gasteiger partial charge in [0.15, 0.2) is 0 Å². The average Bonchev–Trinajstić information content (AvgIpc) is 3.47. The van der Waals surface area contributed by atoms with Crippen molar-refractivity contribution in [2.75, 3.05) is 0 Å². The summed E-state index contributed by atoms with van der Waals surface area (Å²) in [6.45, 7) is 4.84. The van der Waals surface area contributed by atoms with Crippen molar-refractivity contribution in [3.8, 4) is 44.5 Å². The molecule has 0 nitrogen and oxygen atoms in total. The zero-order valence-electron chi connectivity index (χ0n) is 29.8. The van der Waals surface area contributed by atoms with E-state index in [1.807, 2.05) is 0 Å². The lowest BCUT2D eigenvalue weighted by atomic mass is 9.77. The van der Waals surface area contributed by atoms with Crippen molar-refractivity contribution in [2.24, 2.45) is 0 Å². The van der Waals surface area contributed by atoms with Crippen molar-refractivity contribution in [3.05, 3.63) is 193 Å². The minimum absolute atomic E-state index is 0.140. The van der Waals surface area contributed by atoms with Crippen molar-refractivity contribution in [1.82, 2.24) is 0 Å². The van der Waals surface area contributed by atoms with Crippen LogP contribution in [0.5, 0.6) is 0 Å². The number of hydrogen-bond acceptors (Lipinski definition) is 0. The minimum atomic E-state index is -0.140. The molecule has 0 atom stereocenters. The van der Waals surface area contributed by atoms with Crippen LogP contribution in [-0.2, 0) is 5.41 Å². The molecule has 0 aromatic heterocycles. The third-order valence-electron chi connectivity index (χ3n) is 12.0. The maximum Gasteiger partial charge on any atom is 0.0171 e. The molecule has 0 heteroatoms. The summed E-state index contributed by atoms with van der Waals surface area (Å²) < 4.78 is 0. The molecule has 248 valence electrons. The predicted octanol–water partition coefficient (Wildman–Crippen LogP) is 14.8. The van der Waals surface area contributed by atoms with Gasteiger partial charge in [-0.15, -0.1) is 0 Å². The van der Waals surface area contributed by atoms with Crippen LogP contribution >= 0.6 is 0 Å². The van der Waals surface area contributed by atoms with E-state index in [0.717, 1.165) is 0 Å². The van der Waals surface area contributed by atoms with Gasteiger partial charge in [-0.05, 0) is 116 Å². The Morgan fingerprint density at radius 3 is 1.38 bits per heavy atom. The molecule has 0 saturated carbocycles. The summed E-state index contributed by atoms with van der Waals surface area (Å²) in [4.78, 5) is 0. The second kappa shape index (κ2) is 11.2. The summed E-state index contributed by atoms with van der Waals surface area (Å²) in [5, 5.41) is 13.1. The molecule has 53 heavy (non-hydrogen) atoms. The van der Waals surface area contributed by atoms with Crippen LogP contribution in [0.4, 0.5) is 0 Å². The van der Waals surface area contributed by atoms with Gasteiger partial charge in [0.25, 0.3) is 0 Å². The predicted molar refractivity (Wildman–Crippen MR) is 228 cm³/mol. The molecular formula is C53H36. The summed E-state index contributed by atoms with van der Waals surface area (Å²) in [7, 11) is 0. The summed E-state index contributed by atoms with van der Waals surface area (Å²) >= 11 is 0. The molecule has 0 N–H and O–H groups in total. The Morgan fingerprint density at radius 2 is 0.755 bits per heavy atom. The Labute approximate surface area is 309 Å². The minimum Gasteiger partial charge on any atom is -0.0622 e. The normalized spacial score (nSPS) is 13.2. The quantitative estimate of drug-likeness (QED) is 0.129. The Kier molecular flexibility index (Phi) is 6.40. The van der Waals surface area contributed by atoms with Gasteiger partial charge in [0.1, 0.15) is 0 Å². The fourth-order valence-electron chi connectivity index (χ4n) is 9.76. The van der Waals surface area contributed by atoms with Crippen molar-refractivity contribution in [1.29, 1.82) is 0 Å². The van der Waals surface area contributed by atoms with E-state index in [0.29, 0.717) is 0 Å². The molecule has 0 saturated heterocycles. The topological polar surface area (TPSA) is 0 Å². The van der Waals surface area contributed by atoms with E-state index in [4.69, 9.17) is 0 Å². The smallest absolute Gasteiger partial charge is 0.0171 e. The van der Waals surface area contributed by atoms with Crippen molar-refractivity contribution < 1.29 is 0 Å². The molecule has 0 amide bonds. The van der Waals surface area contributed by atoms with E-state index in [1.54, 1.807) is 0 Å². The lowest BCUT2D eigenvalue weighted by molar-refractivity contribution is 0.672. The molecule has 11 rings (SSSR count). The summed E-state index contributed by atoms with van der Waals surface area (Å²) in [5.74, 6) is 0. The van der Waals surface area contributed by atoms with Gasteiger partial charge in [-0.3, -0.25) is 0 Å². The van der Waals surface area contributed by atoms with Crippen LogP contribution in [-0.4, -0.2) is 0 Å². The highest BCUT2D eigenvalue weighted by atomic mass is 14.4. The largest absolute Gasteiger partial charge is 0.0622 e. The highest BCUT2D eigenvalue weighted by Gasteiger charge is 2.39. The highest BCUT2D eigenvalue weighted by molar-refractivity contribution is 6.22. The molecular weight excluding hydrogens is 637 g/mol. The maximum absolute atomic E-state index is 2.43. The first-order valence-electron chi connectivity index (χ1n) is 18.7. The zero-order chi connectivity index (χ0) is 35.3. The van der Waals surface area contributed by atoms with Gasteiger partial charge >= 0.3 is 0 Å². The Hall–Kier alpha value is -6.50. The Morgan fingerprint density at radius 1 is 0.283 bits per heavy atom. The number of rotatable bonds is 3. The third kappa shape index (κ3) is 4.30. The third-order valence-corrected chi connectivity index (χ3v) is 12.0. The second-order valence-corrected chi connectivity index (χ2v) is 15.2. The van der Waals surface area contributed by atoms with Gasteiger partial charge in [0, 0.05) is 5.41 Å². The van der Waals surface area contributed by atoms with E-state index >= 15 is 0 Å². The molecule has 1 aliphatic rings. The van der Waals surface area contributed by atoms with Crippen molar-refractivity contribution in [2.45, 2.75) is 19.3 Å². The van der Waals surface area contributed by atoms with Crippen LogP contribution in [0.3, 0.4) is 0 Å². The van der Waals surface area contributed by atoms with Crippen LogP contribution in [0, 0.1) is 0 Å². The molecule has 0 spiro atoms. The molecule has 0 aliphatic heterocycles. The molecule has 1 aliphatic carbocycles. The van der Waals surface area contributed by atoms with Crippen molar-refractivity contribution >= 4 is 53.9 Å². The standard InChI is InChI=1S/C53H36/c1-53(2)51-38-17-7-6-14-34(38)28-31-46(51)50-40-19-9-8-18-39(40)47-32-37(29-30-45(47)52(50)53)33-24-26-36(27-25-33)49-43-22-12-10-20-41(43)48(35-15-4-3-5-16-35)42-21-11-13-23-44(42)49/h3-32H,1-2H3. The van der Waals surface area contributed by atoms with E-state index in [1.165, 1.54) is 109 Å². The summed E-state index contributed by atoms with van der Waals surface area (Å²) in [6.07, 6.45) is 0. The van der Waals surface area contributed by atoms with Crippen molar-refractivity contribution in [3.63, 3.8) is 0 Å². The van der Waals surface area contributed by atoms with Crippen LogP contribution in [0.25, 0.3) is 98.4 Å². The highest BCUT2D eigenvalue weighted by Crippen LogP contribution is 2.56. The first kappa shape index (κ1) is 30.2. The average molecular weight is 673 g/mol. The molecule has 0 bridgehead atoms. The van der Waals surface area contributed by atoms with E-state index in [9.17, 15) is 0 Å². The Bertz CT molecular complexity index is 3050. The lowest BCUT2D eigenvalue weighted by Crippen LogP contribution is -2.16. The van der Waals surface area contributed by atoms with E-state index < -0.39 is 0 Å². The molecule has 0 fully saturated rings. The molecule has 0 unspecified atom stereocenters. The lowest BCUT2D eigenvalue weighted by Gasteiger charge is -2.25. The molecule has 0 heterocycles. The van der Waals surface area contributed by atoms with Gasteiger partial charge in [-0.2, -0.15) is 0 Å². The first-order valence-corrected chi connectivity index (χ1v) is 18.7. The Balaban J connectivity index is 1.08. The SMILES string of the molecule is CC1(C)c2c(ccc3ccccc23)-c2c1c1ccc(-c3ccc(-c4c5ccccc5c(-c5ccccc5)c5ccccc45)cc3)cc1c1ccccc21. The van der Waals surface area contributed by atoms with Gasteiger partial charge in [0.2, 0.25) is 0 Å². The van der Waals surface area contributed by atoms with E-state index in [-0.39, 0.29) is 5.41 Å². The van der Waals surface area contributed by atoms with Crippen LogP contribution in [0.2, 0.25) is 0 Å². The van der Waals surface area contributed by atoms with Crippen LogP contribution in [0.15, 0.2) is 182 Å². The number of hydrogen-bond donors (Lipinski definition) is 0. The van der Waals surface area contributed by atoms with Gasteiger partial charge in [0.05, 0.1) is 0 Å². The number of fused-ring (bicyclic) bond motifs is 12. The van der Waals surface area contributed by atoms with Crippen LogP contribution < -0.4 is 0 Å². The molecule has 0 radical (unpaired) electrons. The second-order valence-electron chi connectivity index (χ2n) is 15.2. The van der Waals surface area contributed by atoms with E-state index in [2.05, 4.69) is 196 Å².